The molecular formula is C16H27NO3. The number of para-hydroxylation sites is 1. The molecule has 1 unspecified atom stereocenters. The lowest BCUT2D eigenvalue weighted by atomic mass is 9.96. The number of benzene rings is 1. The van der Waals surface area contributed by atoms with E-state index in [4.69, 9.17) is 4.74 Å². The van der Waals surface area contributed by atoms with Crippen molar-refractivity contribution in [3.8, 4) is 5.75 Å². The maximum Gasteiger partial charge on any atom is 0.124 e. The standard InChI is InChI=1S/C16H27NO3/c1-13(2)17-16(3,12-19)9-6-10-20-15-8-5-4-7-14(15)11-18/h4-5,7-8,13,17-19H,6,9-12H2,1-3H3. The van der Waals surface area contributed by atoms with Gasteiger partial charge in [0.1, 0.15) is 5.75 Å². The molecule has 0 radical (unpaired) electrons. The van der Waals surface area contributed by atoms with Crippen molar-refractivity contribution in [1.82, 2.24) is 5.32 Å². The highest BCUT2D eigenvalue weighted by molar-refractivity contribution is 5.32. The lowest BCUT2D eigenvalue weighted by Crippen LogP contribution is -2.49. The number of aliphatic hydroxyl groups is 2. The fourth-order valence-electron chi connectivity index (χ4n) is 2.31. The van der Waals surface area contributed by atoms with Gasteiger partial charge in [0.15, 0.2) is 0 Å². The van der Waals surface area contributed by atoms with E-state index in [0.717, 1.165) is 24.2 Å². The first-order valence-corrected chi connectivity index (χ1v) is 7.21. The molecule has 0 aliphatic heterocycles. The van der Waals surface area contributed by atoms with Crippen LogP contribution < -0.4 is 10.1 Å². The SMILES string of the molecule is CC(C)NC(C)(CO)CCCOc1ccccc1CO. The monoisotopic (exact) mass is 281 g/mol. The second-order valence-electron chi connectivity index (χ2n) is 5.74. The van der Waals surface area contributed by atoms with E-state index in [1.165, 1.54) is 0 Å². The molecule has 4 heteroatoms. The molecule has 1 atom stereocenters. The first-order valence-electron chi connectivity index (χ1n) is 7.21. The van der Waals surface area contributed by atoms with Crippen LogP contribution in [0.4, 0.5) is 0 Å². The van der Waals surface area contributed by atoms with Crippen molar-refractivity contribution < 1.29 is 14.9 Å². The molecular weight excluding hydrogens is 254 g/mol. The summed E-state index contributed by atoms with van der Waals surface area (Å²) in [6, 6.07) is 7.83. The third-order valence-corrected chi connectivity index (χ3v) is 3.26. The minimum absolute atomic E-state index is 0.0145. The normalized spacial score (nSPS) is 14.3. The Labute approximate surface area is 121 Å². The fraction of sp³-hybridized carbons (Fsp3) is 0.625. The van der Waals surface area contributed by atoms with Gasteiger partial charge in [0.25, 0.3) is 0 Å². The van der Waals surface area contributed by atoms with Gasteiger partial charge in [-0.05, 0) is 25.8 Å². The van der Waals surface area contributed by atoms with Crippen LogP contribution in [-0.2, 0) is 6.61 Å². The van der Waals surface area contributed by atoms with E-state index >= 15 is 0 Å². The summed E-state index contributed by atoms with van der Waals surface area (Å²) >= 11 is 0. The number of hydrogen-bond donors (Lipinski definition) is 3. The van der Waals surface area contributed by atoms with Crippen LogP contribution in [0.5, 0.6) is 5.75 Å². The van der Waals surface area contributed by atoms with E-state index in [1.807, 2.05) is 31.2 Å². The highest BCUT2D eigenvalue weighted by Crippen LogP contribution is 2.19. The van der Waals surface area contributed by atoms with Crippen molar-refractivity contribution >= 4 is 0 Å². The number of ether oxygens (including phenoxy) is 1. The molecule has 0 fully saturated rings. The largest absolute Gasteiger partial charge is 0.493 e. The van der Waals surface area contributed by atoms with Gasteiger partial charge in [-0.1, -0.05) is 32.0 Å². The number of nitrogens with one attached hydrogen (secondary N) is 1. The van der Waals surface area contributed by atoms with E-state index in [0.29, 0.717) is 12.6 Å². The van der Waals surface area contributed by atoms with Gasteiger partial charge in [-0.25, -0.2) is 0 Å². The predicted molar refractivity (Wildman–Crippen MR) is 80.9 cm³/mol. The molecule has 4 nitrogen and oxygen atoms in total. The summed E-state index contributed by atoms with van der Waals surface area (Å²) < 4.78 is 5.70. The van der Waals surface area contributed by atoms with Gasteiger partial charge in [-0.15, -0.1) is 0 Å². The quantitative estimate of drug-likeness (QED) is 0.607. The predicted octanol–water partition coefficient (Wildman–Crippen LogP) is 2.09. The van der Waals surface area contributed by atoms with E-state index in [9.17, 15) is 10.2 Å². The summed E-state index contributed by atoms with van der Waals surface area (Å²) in [5, 5.41) is 22.1. The first-order chi connectivity index (χ1) is 9.50. The molecule has 0 spiro atoms. The second-order valence-corrected chi connectivity index (χ2v) is 5.74. The maximum atomic E-state index is 9.50. The summed E-state index contributed by atoms with van der Waals surface area (Å²) in [5.74, 6) is 0.734. The van der Waals surface area contributed by atoms with Crippen LogP contribution in [0.2, 0.25) is 0 Å². The third kappa shape index (κ3) is 5.49. The maximum absolute atomic E-state index is 9.50. The van der Waals surface area contributed by atoms with Crippen molar-refractivity contribution in [1.29, 1.82) is 0 Å². The topological polar surface area (TPSA) is 61.7 Å². The molecule has 0 saturated heterocycles. The molecule has 20 heavy (non-hydrogen) atoms. The van der Waals surface area contributed by atoms with Gasteiger partial charge in [0.2, 0.25) is 0 Å². The molecule has 1 rings (SSSR count). The smallest absolute Gasteiger partial charge is 0.124 e. The van der Waals surface area contributed by atoms with E-state index in [1.54, 1.807) is 0 Å². The lowest BCUT2D eigenvalue weighted by Gasteiger charge is -2.31. The minimum atomic E-state index is -0.270. The Morgan fingerprint density at radius 1 is 1.25 bits per heavy atom. The molecule has 0 aromatic heterocycles. The van der Waals surface area contributed by atoms with Gasteiger partial charge in [-0.3, -0.25) is 0 Å². The summed E-state index contributed by atoms with van der Waals surface area (Å²) in [6.07, 6.45) is 1.68. The zero-order chi connectivity index (χ0) is 15.0. The van der Waals surface area contributed by atoms with E-state index < -0.39 is 0 Å². The van der Waals surface area contributed by atoms with Crippen molar-refractivity contribution in [3.05, 3.63) is 29.8 Å². The van der Waals surface area contributed by atoms with Crippen LogP contribution in [0.25, 0.3) is 0 Å². The van der Waals surface area contributed by atoms with Crippen LogP contribution >= 0.6 is 0 Å². The van der Waals surface area contributed by atoms with Crippen LogP contribution in [-0.4, -0.2) is 35.0 Å². The second kappa shape index (κ2) is 8.25. The van der Waals surface area contributed by atoms with Crippen molar-refractivity contribution in [2.75, 3.05) is 13.2 Å². The van der Waals surface area contributed by atoms with Crippen LogP contribution in [0.15, 0.2) is 24.3 Å². The Morgan fingerprint density at radius 3 is 2.55 bits per heavy atom. The van der Waals surface area contributed by atoms with Crippen LogP contribution in [0.3, 0.4) is 0 Å². The molecule has 3 N–H and O–H groups in total. The van der Waals surface area contributed by atoms with Gasteiger partial charge >= 0.3 is 0 Å². The van der Waals surface area contributed by atoms with E-state index in [2.05, 4.69) is 19.2 Å². The highest BCUT2D eigenvalue weighted by Gasteiger charge is 2.23. The summed E-state index contributed by atoms with van der Waals surface area (Å²) in [5.41, 5.74) is 0.534. The van der Waals surface area contributed by atoms with Crippen LogP contribution in [0.1, 0.15) is 39.2 Å². The van der Waals surface area contributed by atoms with Gasteiger partial charge in [0, 0.05) is 17.1 Å². The Bertz CT molecular complexity index is 395. The number of aliphatic hydroxyl groups excluding tert-OH is 2. The molecule has 1 aromatic rings. The van der Waals surface area contributed by atoms with Gasteiger partial charge < -0.3 is 20.3 Å². The van der Waals surface area contributed by atoms with Crippen molar-refractivity contribution in [2.24, 2.45) is 0 Å². The molecule has 114 valence electrons. The third-order valence-electron chi connectivity index (χ3n) is 3.26. The van der Waals surface area contributed by atoms with Crippen LogP contribution in [0, 0.1) is 0 Å². The average molecular weight is 281 g/mol. The van der Waals surface area contributed by atoms with Gasteiger partial charge in [-0.2, -0.15) is 0 Å². The first kappa shape index (κ1) is 17.0. The molecule has 0 aliphatic carbocycles. The minimum Gasteiger partial charge on any atom is -0.493 e. The molecule has 0 amide bonds. The Hall–Kier alpha value is -1.10. The average Bonchev–Trinajstić information content (AvgIpc) is 2.43. The Kier molecular flexibility index (Phi) is 6.99. The summed E-state index contributed by atoms with van der Waals surface area (Å²) in [7, 11) is 0. The highest BCUT2D eigenvalue weighted by atomic mass is 16.5. The zero-order valence-corrected chi connectivity index (χ0v) is 12.7. The Balaban J connectivity index is 2.40. The molecule has 0 bridgehead atoms. The van der Waals surface area contributed by atoms with E-state index in [-0.39, 0.29) is 18.8 Å². The molecule has 1 aromatic carbocycles. The molecule has 0 heterocycles. The summed E-state index contributed by atoms with van der Waals surface area (Å²) in [6.45, 7) is 6.84. The lowest BCUT2D eigenvalue weighted by molar-refractivity contribution is 0.147. The molecule has 0 aliphatic rings. The fourth-order valence-corrected chi connectivity index (χ4v) is 2.31. The summed E-state index contributed by atoms with van der Waals surface area (Å²) in [4.78, 5) is 0. The van der Waals surface area contributed by atoms with Crippen molar-refractivity contribution in [3.63, 3.8) is 0 Å². The number of rotatable bonds is 9. The van der Waals surface area contributed by atoms with Gasteiger partial charge in [0.05, 0.1) is 19.8 Å². The Morgan fingerprint density at radius 2 is 1.95 bits per heavy atom. The number of hydrogen-bond acceptors (Lipinski definition) is 4. The molecule has 0 saturated carbocycles. The zero-order valence-electron chi connectivity index (χ0n) is 12.7. The van der Waals surface area contributed by atoms with Crippen molar-refractivity contribution in [2.45, 2.75) is 51.8 Å².